The van der Waals surface area contributed by atoms with Gasteiger partial charge in [-0.3, -0.25) is 4.79 Å². The fraction of sp³-hybridized carbons (Fsp3) is 0.214. The first kappa shape index (κ1) is 15.3. The number of hydrogen-bond acceptors (Lipinski definition) is 4. The van der Waals surface area contributed by atoms with Crippen molar-refractivity contribution in [3.63, 3.8) is 0 Å². The van der Waals surface area contributed by atoms with Crippen molar-refractivity contribution in [1.82, 2.24) is 4.57 Å². The van der Waals surface area contributed by atoms with Gasteiger partial charge in [0.2, 0.25) is 10.0 Å². The molecule has 0 amide bonds. The Morgan fingerprint density at radius 1 is 1.24 bits per heavy atom. The Kier molecular flexibility index (Phi) is 4.44. The van der Waals surface area contributed by atoms with E-state index in [1.165, 1.54) is 16.7 Å². The molecule has 0 spiro atoms. The van der Waals surface area contributed by atoms with E-state index in [4.69, 9.17) is 9.88 Å². The number of rotatable bonds is 5. The van der Waals surface area contributed by atoms with Crippen LogP contribution in [-0.4, -0.2) is 19.6 Å². The van der Waals surface area contributed by atoms with Gasteiger partial charge in [0.15, 0.2) is 0 Å². The molecule has 2 aromatic rings. The first-order valence-electron chi connectivity index (χ1n) is 6.29. The lowest BCUT2D eigenvalue weighted by Crippen LogP contribution is -2.22. The van der Waals surface area contributed by atoms with Crippen LogP contribution >= 0.6 is 0 Å². The Bertz CT molecular complexity index is 797. The lowest BCUT2D eigenvalue weighted by molar-refractivity contribution is 0.289. The summed E-state index contributed by atoms with van der Waals surface area (Å²) in [6.45, 7) is 2.25. The van der Waals surface area contributed by atoms with E-state index in [-0.39, 0.29) is 22.8 Å². The van der Waals surface area contributed by atoms with Crippen molar-refractivity contribution < 1.29 is 13.2 Å². The summed E-state index contributed by atoms with van der Waals surface area (Å²) in [4.78, 5) is 11.5. The average Bonchev–Trinajstić information content (AvgIpc) is 2.41. The summed E-state index contributed by atoms with van der Waals surface area (Å²) in [5.74, 6) is 0.187. The number of sulfonamides is 1. The molecule has 1 heterocycles. The highest BCUT2D eigenvalue weighted by Gasteiger charge is 2.15. The number of nitrogens with zero attached hydrogens (tertiary/aromatic N) is 1. The molecule has 112 valence electrons. The van der Waals surface area contributed by atoms with E-state index in [9.17, 15) is 13.2 Å². The van der Waals surface area contributed by atoms with Crippen molar-refractivity contribution in [3.05, 3.63) is 58.5 Å². The lowest BCUT2D eigenvalue weighted by Gasteiger charge is -2.11. The maximum Gasteiger partial charge on any atom is 0.250 e. The van der Waals surface area contributed by atoms with Gasteiger partial charge in [0.25, 0.3) is 5.56 Å². The highest BCUT2D eigenvalue weighted by atomic mass is 32.2. The Labute approximate surface area is 122 Å². The number of benzene rings is 1. The van der Waals surface area contributed by atoms with E-state index in [0.717, 1.165) is 5.56 Å². The number of primary sulfonamides is 1. The molecule has 2 N–H and O–H groups in total. The van der Waals surface area contributed by atoms with Gasteiger partial charge >= 0.3 is 0 Å². The normalized spacial score (nSPS) is 11.3. The van der Waals surface area contributed by atoms with Gasteiger partial charge in [-0.25, -0.2) is 13.6 Å². The molecular formula is C14H16N2O4S. The maximum absolute atomic E-state index is 11.5. The van der Waals surface area contributed by atoms with Crippen molar-refractivity contribution in [2.75, 3.05) is 6.61 Å². The van der Waals surface area contributed by atoms with Gasteiger partial charge in [-0.1, -0.05) is 12.1 Å². The topological polar surface area (TPSA) is 91.4 Å². The zero-order chi connectivity index (χ0) is 15.5. The second kappa shape index (κ2) is 6.11. The monoisotopic (exact) mass is 308 g/mol. The van der Waals surface area contributed by atoms with Crippen LogP contribution in [-0.2, 0) is 16.6 Å². The van der Waals surface area contributed by atoms with Crippen LogP contribution in [0.2, 0.25) is 0 Å². The van der Waals surface area contributed by atoms with E-state index in [0.29, 0.717) is 6.54 Å². The van der Waals surface area contributed by atoms with Crippen LogP contribution in [0, 0.1) is 6.92 Å². The summed E-state index contributed by atoms with van der Waals surface area (Å²) in [5.41, 5.74) is 0.627. The molecule has 6 nitrogen and oxygen atoms in total. The van der Waals surface area contributed by atoms with Crippen LogP contribution in [0.4, 0.5) is 0 Å². The third-order valence-electron chi connectivity index (χ3n) is 2.89. The molecule has 0 unspecified atom stereocenters. The van der Waals surface area contributed by atoms with Crippen LogP contribution in [0.1, 0.15) is 5.56 Å². The summed E-state index contributed by atoms with van der Waals surface area (Å²) >= 11 is 0. The third-order valence-corrected chi connectivity index (χ3v) is 3.83. The fourth-order valence-electron chi connectivity index (χ4n) is 1.86. The van der Waals surface area contributed by atoms with Gasteiger partial charge in [0, 0.05) is 12.3 Å². The highest BCUT2D eigenvalue weighted by Crippen LogP contribution is 2.23. The molecule has 2 rings (SSSR count). The molecule has 0 radical (unpaired) electrons. The largest absolute Gasteiger partial charge is 0.490 e. The molecule has 0 saturated heterocycles. The molecular weight excluding hydrogens is 292 g/mol. The van der Waals surface area contributed by atoms with Gasteiger partial charge in [0.05, 0.1) is 6.54 Å². The molecule has 1 aromatic carbocycles. The number of hydrogen-bond donors (Lipinski definition) is 1. The summed E-state index contributed by atoms with van der Waals surface area (Å²) in [5, 5.41) is 5.17. The number of ether oxygens (including phenoxy) is 1. The van der Waals surface area contributed by atoms with Gasteiger partial charge < -0.3 is 9.30 Å². The molecule has 0 bridgehead atoms. The summed E-state index contributed by atoms with van der Waals surface area (Å²) < 4.78 is 30.0. The van der Waals surface area contributed by atoms with E-state index < -0.39 is 10.0 Å². The molecule has 0 aliphatic rings. The Hall–Kier alpha value is -2.12. The zero-order valence-corrected chi connectivity index (χ0v) is 12.3. The second-order valence-electron chi connectivity index (χ2n) is 4.58. The number of pyridine rings is 1. The molecule has 0 saturated carbocycles. The Morgan fingerprint density at radius 2 is 2.00 bits per heavy atom. The predicted octanol–water partition coefficient (Wildman–Crippen LogP) is 0.883. The number of aryl methyl sites for hydroxylation is 1. The SMILES string of the molecule is Cc1ccc(OCCn2ccccc2=O)c(S(N)(=O)=O)c1. The van der Waals surface area contributed by atoms with E-state index in [1.54, 1.807) is 37.4 Å². The van der Waals surface area contributed by atoms with Crippen LogP contribution in [0.3, 0.4) is 0 Å². The minimum absolute atomic E-state index is 0.0529. The third kappa shape index (κ3) is 3.93. The minimum atomic E-state index is -3.85. The molecule has 1 aromatic heterocycles. The van der Waals surface area contributed by atoms with E-state index >= 15 is 0 Å². The first-order valence-corrected chi connectivity index (χ1v) is 7.84. The van der Waals surface area contributed by atoms with Crippen molar-refractivity contribution in [2.24, 2.45) is 5.14 Å². The van der Waals surface area contributed by atoms with Crippen LogP contribution in [0.15, 0.2) is 52.3 Å². The standard InChI is InChI=1S/C14H16N2O4S/c1-11-5-6-12(13(10-11)21(15,18)19)20-9-8-16-7-3-2-4-14(16)17/h2-7,10H,8-9H2,1H3,(H2,15,18,19). The summed E-state index contributed by atoms with van der Waals surface area (Å²) in [7, 11) is -3.85. The quantitative estimate of drug-likeness (QED) is 0.887. The Balaban J connectivity index is 2.14. The van der Waals surface area contributed by atoms with Crippen molar-refractivity contribution in [1.29, 1.82) is 0 Å². The lowest BCUT2D eigenvalue weighted by atomic mass is 10.2. The summed E-state index contributed by atoms with van der Waals surface area (Å²) in [6, 6.07) is 9.59. The van der Waals surface area contributed by atoms with E-state index in [1.807, 2.05) is 0 Å². The molecule has 0 aliphatic heterocycles. The summed E-state index contributed by atoms with van der Waals surface area (Å²) in [6.07, 6.45) is 1.64. The van der Waals surface area contributed by atoms with Crippen molar-refractivity contribution in [2.45, 2.75) is 18.4 Å². The molecule has 0 aliphatic carbocycles. The van der Waals surface area contributed by atoms with E-state index in [2.05, 4.69) is 0 Å². The molecule has 21 heavy (non-hydrogen) atoms. The molecule has 7 heteroatoms. The number of aromatic nitrogens is 1. The second-order valence-corrected chi connectivity index (χ2v) is 6.11. The zero-order valence-electron chi connectivity index (χ0n) is 11.5. The van der Waals surface area contributed by atoms with Crippen LogP contribution < -0.4 is 15.4 Å². The van der Waals surface area contributed by atoms with Gasteiger partial charge in [-0.2, -0.15) is 0 Å². The highest BCUT2D eigenvalue weighted by molar-refractivity contribution is 7.89. The smallest absolute Gasteiger partial charge is 0.250 e. The van der Waals surface area contributed by atoms with Gasteiger partial charge in [-0.05, 0) is 30.7 Å². The average molecular weight is 308 g/mol. The fourth-order valence-corrected chi connectivity index (χ4v) is 2.61. The maximum atomic E-state index is 11.5. The van der Waals surface area contributed by atoms with Crippen molar-refractivity contribution >= 4 is 10.0 Å². The van der Waals surface area contributed by atoms with Crippen molar-refractivity contribution in [3.8, 4) is 5.75 Å². The van der Waals surface area contributed by atoms with Gasteiger partial charge in [-0.15, -0.1) is 0 Å². The van der Waals surface area contributed by atoms with Crippen LogP contribution in [0.5, 0.6) is 5.75 Å². The minimum Gasteiger partial charge on any atom is -0.490 e. The number of nitrogens with two attached hydrogens (primary N) is 1. The molecule has 0 atom stereocenters. The Morgan fingerprint density at radius 3 is 2.67 bits per heavy atom. The molecule has 0 fully saturated rings. The predicted molar refractivity (Wildman–Crippen MR) is 78.7 cm³/mol. The van der Waals surface area contributed by atoms with Crippen LogP contribution in [0.25, 0.3) is 0 Å². The first-order chi connectivity index (χ1) is 9.88. The van der Waals surface area contributed by atoms with Gasteiger partial charge in [0.1, 0.15) is 17.3 Å².